The quantitative estimate of drug-likeness (QED) is 0.548. The summed E-state index contributed by atoms with van der Waals surface area (Å²) < 4.78 is 0. The average Bonchev–Trinajstić information content (AvgIpc) is 2.26. The molecule has 0 spiro atoms. The number of carbonyl (C=O) groups is 1. The summed E-state index contributed by atoms with van der Waals surface area (Å²) in [5.74, 6) is -0.0229. The first-order chi connectivity index (χ1) is 7.33. The smallest absolute Gasteiger partial charge is 0.238 e. The summed E-state index contributed by atoms with van der Waals surface area (Å²) in [6, 6.07) is 9.42. The van der Waals surface area contributed by atoms with Crippen molar-refractivity contribution in [3.05, 3.63) is 43.0 Å². The highest BCUT2D eigenvalue weighted by molar-refractivity contribution is 5.92. The second-order valence-corrected chi connectivity index (χ2v) is 3.17. The molecule has 0 atom stereocenters. The topological polar surface area (TPSA) is 41.1 Å². The lowest BCUT2D eigenvalue weighted by Gasteiger charge is -2.05. The fourth-order valence-electron chi connectivity index (χ4n) is 1.13. The van der Waals surface area contributed by atoms with Gasteiger partial charge in [-0.3, -0.25) is 4.79 Å². The van der Waals surface area contributed by atoms with E-state index in [2.05, 4.69) is 17.2 Å². The van der Waals surface area contributed by atoms with Crippen molar-refractivity contribution >= 4 is 11.6 Å². The van der Waals surface area contributed by atoms with Crippen molar-refractivity contribution in [2.75, 3.05) is 18.4 Å². The number of benzene rings is 1. The molecule has 0 heterocycles. The Morgan fingerprint density at radius 1 is 1.33 bits per heavy atom. The Morgan fingerprint density at radius 3 is 2.73 bits per heavy atom. The Bertz CT molecular complexity index is 309. The largest absolute Gasteiger partial charge is 0.325 e. The minimum Gasteiger partial charge on any atom is -0.325 e. The highest BCUT2D eigenvalue weighted by atomic mass is 16.1. The third-order valence-electron chi connectivity index (χ3n) is 1.87. The minimum atomic E-state index is -0.0229. The number of hydrogen-bond acceptors (Lipinski definition) is 2. The van der Waals surface area contributed by atoms with Crippen LogP contribution < -0.4 is 10.6 Å². The van der Waals surface area contributed by atoms with Crippen molar-refractivity contribution in [2.24, 2.45) is 0 Å². The number of nitrogens with one attached hydrogen (secondary N) is 2. The molecule has 0 bridgehead atoms. The summed E-state index contributed by atoms with van der Waals surface area (Å²) in [5, 5.41) is 5.81. The Labute approximate surface area is 90.2 Å². The predicted molar refractivity (Wildman–Crippen MR) is 62.8 cm³/mol. The lowest BCUT2D eigenvalue weighted by atomic mass is 10.3. The molecule has 3 nitrogen and oxygen atoms in total. The molecule has 0 aliphatic rings. The van der Waals surface area contributed by atoms with E-state index in [1.54, 1.807) is 0 Å². The molecule has 0 saturated heterocycles. The van der Waals surface area contributed by atoms with Gasteiger partial charge in [0.05, 0.1) is 6.54 Å². The van der Waals surface area contributed by atoms with Gasteiger partial charge in [0, 0.05) is 5.69 Å². The van der Waals surface area contributed by atoms with Crippen LogP contribution >= 0.6 is 0 Å². The monoisotopic (exact) mass is 204 g/mol. The van der Waals surface area contributed by atoms with Gasteiger partial charge in [0.1, 0.15) is 0 Å². The normalized spacial score (nSPS) is 9.60. The third-order valence-corrected chi connectivity index (χ3v) is 1.87. The van der Waals surface area contributed by atoms with Gasteiger partial charge < -0.3 is 10.6 Å². The van der Waals surface area contributed by atoms with Crippen LogP contribution in [0.2, 0.25) is 0 Å². The van der Waals surface area contributed by atoms with Crippen LogP contribution in [0.15, 0.2) is 43.0 Å². The first-order valence-electron chi connectivity index (χ1n) is 4.99. The molecule has 0 radical (unpaired) electrons. The zero-order chi connectivity index (χ0) is 10.9. The van der Waals surface area contributed by atoms with E-state index >= 15 is 0 Å². The fraction of sp³-hybridized carbons (Fsp3) is 0.250. The third kappa shape index (κ3) is 4.98. The highest BCUT2D eigenvalue weighted by Crippen LogP contribution is 2.03. The van der Waals surface area contributed by atoms with Crippen LogP contribution in [-0.4, -0.2) is 19.0 Å². The number of amides is 1. The van der Waals surface area contributed by atoms with E-state index in [0.29, 0.717) is 6.54 Å². The maximum atomic E-state index is 11.4. The van der Waals surface area contributed by atoms with Gasteiger partial charge in [0.25, 0.3) is 0 Å². The molecule has 15 heavy (non-hydrogen) atoms. The van der Waals surface area contributed by atoms with E-state index in [-0.39, 0.29) is 5.91 Å². The van der Waals surface area contributed by atoms with Crippen molar-refractivity contribution in [2.45, 2.75) is 6.42 Å². The summed E-state index contributed by atoms with van der Waals surface area (Å²) in [5.41, 5.74) is 0.827. The molecule has 80 valence electrons. The van der Waals surface area contributed by atoms with E-state index in [9.17, 15) is 4.79 Å². The predicted octanol–water partition coefficient (Wildman–Crippen LogP) is 1.79. The minimum absolute atomic E-state index is 0.0229. The zero-order valence-electron chi connectivity index (χ0n) is 8.70. The van der Waals surface area contributed by atoms with Crippen molar-refractivity contribution in [3.8, 4) is 0 Å². The molecular formula is C12H16N2O. The Morgan fingerprint density at radius 2 is 2.07 bits per heavy atom. The molecule has 0 aromatic heterocycles. The lowest BCUT2D eigenvalue weighted by Crippen LogP contribution is -2.28. The molecule has 0 saturated carbocycles. The Balaban J connectivity index is 2.22. The first-order valence-corrected chi connectivity index (χ1v) is 4.99. The van der Waals surface area contributed by atoms with E-state index in [1.807, 2.05) is 36.4 Å². The van der Waals surface area contributed by atoms with E-state index < -0.39 is 0 Å². The van der Waals surface area contributed by atoms with Gasteiger partial charge in [-0.05, 0) is 25.1 Å². The molecule has 1 aromatic carbocycles. The summed E-state index contributed by atoms with van der Waals surface area (Å²) in [6.45, 7) is 4.72. The summed E-state index contributed by atoms with van der Waals surface area (Å²) >= 11 is 0. The van der Waals surface area contributed by atoms with Crippen LogP contribution in [0.5, 0.6) is 0 Å². The van der Waals surface area contributed by atoms with Crippen LogP contribution in [0.1, 0.15) is 6.42 Å². The SMILES string of the molecule is C=CCCNCC(=O)Nc1ccccc1. The van der Waals surface area contributed by atoms with Gasteiger partial charge in [-0.2, -0.15) is 0 Å². The van der Waals surface area contributed by atoms with E-state index in [0.717, 1.165) is 18.7 Å². The molecule has 1 amide bonds. The molecule has 0 aliphatic heterocycles. The Kier molecular flexibility index (Phi) is 5.19. The molecule has 1 aromatic rings. The van der Waals surface area contributed by atoms with Crippen LogP contribution in [-0.2, 0) is 4.79 Å². The maximum Gasteiger partial charge on any atom is 0.238 e. The number of hydrogen-bond donors (Lipinski definition) is 2. The summed E-state index contributed by atoms with van der Waals surface area (Å²) in [7, 11) is 0. The molecular weight excluding hydrogens is 188 g/mol. The second kappa shape index (κ2) is 6.79. The Hall–Kier alpha value is -1.61. The van der Waals surface area contributed by atoms with Gasteiger partial charge in [-0.25, -0.2) is 0 Å². The van der Waals surface area contributed by atoms with Crippen molar-refractivity contribution in [1.82, 2.24) is 5.32 Å². The van der Waals surface area contributed by atoms with Gasteiger partial charge in [-0.1, -0.05) is 24.3 Å². The zero-order valence-corrected chi connectivity index (χ0v) is 8.70. The molecule has 0 fully saturated rings. The van der Waals surface area contributed by atoms with Gasteiger partial charge >= 0.3 is 0 Å². The maximum absolute atomic E-state index is 11.4. The van der Waals surface area contributed by atoms with E-state index in [4.69, 9.17) is 0 Å². The van der Waals surface area contributed by atoms with Gasteiger partial charge in [-0.15, -0.1) is 6.58 Å². The molecule has 1 rings (SSSR count). The van der Waals surface area contributed by atoms with Crippen LogP contribution in [0.25, 0.3) is 0 Å². The highest BCUT2D eigenvalue weighted by Gasteiger charge is 1.99. The summed E-state index contributed by atoms with van der Waals surface area (Å²) in [6.07, 6.45) is 2.70. The van der Waals surface area contributed by atoms with Crippen molar-refractivity contribution < 1.29 is 4.79 Å². The first kappa shape index (κ1) is 11.5. The van der Waals surface area contributed by atoms with E-state index in [1.165, 1.54) is 0 Å². The standard InChI is InChI=1S/C12H16N2O/c1-2-3-9-13-10-12(15)14-11-7-5-4-6-8-11/h2,4-8,13H,1,3,9-10H2,(H,14,15). The molecule has 0 unspecified atom stereocenters. The van der Waals surface area contributed by atoms with Crippen LogP contribution in [0.3, 0.4) is 0 Å². The number of carbonyl (C=O) groups excluding carboxylic acids is 1. The van der Waals surface area contributed by atoms with Crippen LogP contribution in [0.4, 0.5) is 5.69 Å². The van der Waals surface area contributed by atoms with Crippen LogP contribution in [0, 0.1) is 0 Å². The molecule has 0 aliphatic carbocycles. The second-order valence-electron chi connectivity index (χ2n) is 3.17. The molecule has 2 N–H and O–H groups in total. The molecule has 3 heteroatoms. The van der Waals surface area contributed by atoms with Gasteiger partial charge in [0.2, 0.25) is 5.91 Å². The number of anilines is 1. The number of rotatable bonds is 6. The van der Waals surface area contributed by atoms with Crippen molar-refractivity contribution in [3.63, 3.8) is 0 Å². The number of para-hydroxylation sites is 1. The van der Waals surface area contributed by atoms with Crippen molar-refractivity contribution in [1.29, 1.82) is 0 Å². The summed E-state index contributed by atoms with van der Waals surface area (Å²) in [4.78, 5) is 11.4. The lowest BCUT2D eigenvalue weighted by molar-refractivity contribution is -0.115. The fourth-order valence-corrected chi connectivity index (χ4v) is 1.13. The average molecular weight is 204 g/mol. The van der Waals surface area contributed by atoms with Gasteiger partial charge in [0.15, 0.2) is 0 Å².